The Hall–Kier alpha value is -3.48. The van der Waals surface area contributed by atoms with Gasteiger partial charge >= 0.3 is 7.25 Å². The van der Waals surface area contributed by atoms with Crippen molar-refractivity contribution in [3.05, 3.63) is 97.3 Å². The molecule has 2 nitrogen and oxygen atoms in total. The molecule has 0 radical (unpaired) electrons. The lowest BCUT2D eigenvalue weighted by Crippen LogP contribution is -2.25. The van der Waals surface area contributed by atoms with Crippen LogP contribution in [-0.4, -0.2) is 12.2 Å². The smallest absolute Gasteiger partial charge is 0.418 e. The Morgan fingerprint density at radius 3 is 1.40 bits per heavy atom. The van der Waals surface area contributed by atoms with Crippen LogP contribution < -0.4 is 4.57 Å². The first-order valence-electron chi connectivity index (χ1n) is 9.25. The molecular formula is C23H19BF4N2. The maximum Gasteiger partial charge on any atom is 0.673 e. The maximum atomic E-state index is 9.75. The topological polar surface area (TPSA) is 16.8 Å². The van der Waals surface area contributed by atoms with Gasteiger partial charge in [0.15, 0.2) is 12.4 Å². The molecule has 2 aromatic carbocycles. The summed E-state index contributed by atoms with van der Waals surface area (Å²) < 4.78 is 41.0. The summed E-state index contributed by atoms with van der Waals surface area (Å²) >= 11 is 0. The van der Waals surface area contributed by atoms with Crippen molar-refractivity contribution < 1.29 is 21.8 Å². The Morgan fingerprint density at radius 2 is 1.00 bits per heavy atom. The molecule has 0 fully saturated rings. The minimum absolute atomic E-state index is 0.991. The van der Waals surface area contributed by atoms with Gasteiger partial charge in [-0.25, -0.2) is 9.55 Å². The Balaban J connectivity index is 0.000000461. The van der Waals surface area contributed by atoms with Gasteiger partial charge in [0, 0.05) is 23.3 Å². The zero-order valence-corrected chi connectivity index (χ0v) is 16.2. The summed E-state index contributed by atoms with van der Waals surface area (Å²) in [5, 5.41) is 0. The van der Waals surface area contributed by atoms with Gasteiger partial charge in [-0.1, -0.05) is 60.7 Å². The lowest BCUT2D eigenvalue weighted by Gasteiger charge is -2.10. The monoisotopic (exact) mass is 410 g/mol. The van der Waals surface area contributed by atoms with E-state index in [1.54, 1.807) is 0 Å². The van der Waals surface area contributed by atoms with Crippen LogP contribution in [0.5, 0.6) is 0 Å². The van der Waals surface area contributed by atoms with Crippen LogP contribution in [-0.2, 0) is 7.05 Å². The summed E-state index contributed by atoms with van der Waals surface area (Å²) in [6.45, 7) is 0. The highest BCUT2D eigenvalue weighted by atomic mass is 19.5. The highest BCUT2D eigenvalue weighted by Crippen LogP contribution is 2.29. The number of hydrogen-bond acceptors (Lipinski definition) is 1. The van der Waals surface area contributed by atoms with E-state index in [1.807, 2.05) is 48.0 Å². The van der Waals surface area contributed by atoms with Crippen molar-refractivity contribution in [3.8, 4) is 33.6 Å². The number of halogens is 4. The van der Waals surface area contributed by atoms with Crippen LogP contribution in [0.4, 0.5) is 17.3 Å². The van der Waals surface area contributed by atoms with Crippen molar-refractivity contribution in [2.75, 3.05) is 0 Å². The van der Waals surface area contributed by atoms with Crippen LogP contribution in [0.1, 0.15) is 0 Å². The third-order valence-electron chi connectivity index (χ3n) is 4.28. The summed E-state index contributed by atoms with van der Waals surface area (Å²) in [5.74, 6) is 0. The van der Waals surface area contributed by atoms with Gasteiger partial charge in [0.1, 0.15) is 7.05 Å². The largest absolute Gasteiger partial charge is 0.673 e. The van der Waals surface area contributed by atoms with Gasteiger partial charge in [-0.15, -0.1) is 0 Å². The molecule has 152 valence electrons. The first kappa shape index (κ1) is 21.2. The van der Waals surface area contributed by atoms with E-state index in [-0.39, 0.29) is 0 Å². The van der Waals surface area contributed by atoms with Gasteiger partial charge in [-0.2, -0.15) is 0 Å². The fourth-order valence-electron chi connectivity index (χ4n) is 2.90. The van der Waals surface area contributed by atoms with Crippen LogP contribution in [0.3, 0.4) is 0 Å². The van der Waals surface area contributed by atoms with E-state index < -0.39 is 7.25 Å². The Morgan fingerprint density at radius 1 is 0.600 bits per heavy atom. The quantitative estimate of drug-likeness (QED) is 0.223. The number of hydrogen-bond donors (Lipinski definition) is 0. The van der Waals surface area contributed by atoms with Gasteiger partial charge in [-0.05, 0) is 23.3 Å². The summed E-state index contributed by atoms with van der Waals surface area (Å²) in [5.41, 5.74) is 6.60. The van der Waals surface area contributed by atoms with Crippen molar-refractivity contribution in [2.24, 2.45) is 7.05 Å². The van der Waals surface area contributed by atoms with Gasteiger partial charge in [0.05, 0.1) is 11.4 Å². The second-order valence-corrected chi connectivity index (χ2v) is 6.61. The molecule has 0 N–H and O–H groups in total. The van der Waals surface area contributed by atoms with E-state index in [0.717, 1.165) is 22.5 Å². The molecule has 7 heteroatoms. The molecule has 0 atom stereocenters. The van der Waals surface area contributed by atoms with Crippen molar-refractivity contribution in [3.63, 3.8) is 0 Å². The Labute approximate surface area is 172 Å². The predicted octanol–water partition coefficient (Wildman–Crippen LogP) is 6.21. The van der Waals surface area contributed by atoms with E-state index in [0.29, 0.717) is 0 Å². The number of pyridine rings is 2. The molecule has 4 rings (SSSR count). The molecule has 0 saturated heterocycles. The standard InChI is InChI=1S/C23H19N2.BF4/c1-25-14-12-18(13-15-25)21-16-22(19-8-4-2-5-9-19)24-23(17-21)20-10-6-3-7-11-20;2-1(3,4)5/h2-17H,1H3;/q+1;-1. The average Bonchev–Trinajstić information content (AvgIpc) is 2.74. The van der Waals surface area contributed by atoms with Crippen molar-refractivity contribution in [1.82, 2.24) is 4.98 Å². The van der Waals surface area contributed by atoms with E-state index in [2.05, 4.69) is 60.9 Å². The fourth-order valence-corrected chi connectivity index (χ4v) is 2.90. The molecular weight excluding hydrogens is 391 g/mol. The summed E-state index contributed by atoms with van der Waals surface area (Å²) in [7, 11) is -3.97. The van der Waals surface area contributed by atoms with Crippen LogP contribution in [0.15, 0.2) is 97.3 Å². The molecule has 4 aromatic rings. The molecule has 0 bridgehead atoms. The second-order valence-electron chi connectivity index (χ2n) is 6.61. The minimum Gasteiger partial charge on any atom is -0.418 e. The highest BCUT2D eigenvalue weighted by Gasteiger charge is 2.20. The van der Waals surface area contributed by atoms with E-state index in [4.69, 9.17) is 4.98 Å². The van der Waals surface area contributed by atoms with Gasteiger partial charge in [-0.3, -0.25) is 0 Å². The molecule has 0 unspecified atom stereocenters. The maximum absolute atomic E-state index is 9.75. The van der Waals surface area contributed by atoms with Crippen molar-refractivity contribution in [1.29, 1.82) is 0 Å². The van der Waals surface area contributed by atoms with Crippen LogP contribution in [0, 0.1) is 0 Å². The third kappa shape index (κ3) is 6.27. The van der Waals surface area contributed by atoms with Crippen LogP contribution >= 0.6 is 0 Å². The number of aromatic nitrogens is 2. The number of aryl methyl sites for hydroxylation is 1. The summed E-state index contributed by atoms with van der Waals surface area (Å²) in [6.07, 6.45) is 4.14. The Bertz CT molecular complexity index is 1020. The Kier molecular flexibility index (Phi) is 6.62. The molecule has 0 aliphatic carbocycles. The molecule has 0 saturated carbocycles. The van der Waals surface area contributed by atoms with Crippen LogP contribution in [0.25, 0.3) is 33.6 Å². The molecule has 30 heavy (non-hydrogen) atoms. The molecule has 0 amide bonds. The third-order valence-corrected chi connectivity index (χ3v) is 4.28. The first-order valence-corrected chi connectivity index (χ1v) is 9.25. The average molecular weight is 410 g/mol. The first-order chi connectivity index (χ1) is 14.3. The molecule has 2 aromatic heterocycles. The lowest BCUT2D eigenvalue weighted by atomic mass is 10.0. The zero-order valence-electron chi connectivity index (χ0n) is 16.2. The molecule has 0 spiro atoms. The van der Waals surface area contributed by atoms with Gasteiger partial charge in [0.25, 0.3) is 0 Å². The molecule has 2 heterocycles. The lowest BCUT2D eigenvalue weighted by molar-refractivity contribution is -0.671. The van der Waals surface area contributed by atoms with E-state index >= 15 is 0 Å². The second kappa shape index (κ2) is 9.35. The number of benzene rings is 2. The predicted molar refractivity (Wildman–Crippen MR) is 112 cm³/mol. The SMILES string of the molecule is C[n+]1ccc(-c2cc(-c3ccccc3)nc(-c3ccccc3)c2)cc1.F[B-](F)(F)F. The normalized spacial score (nSPS) is 10.8. The summed E-state index contributed by atoms with van der Waals surface area (Å²) in [6, 6.07) is 29.3. The van der Waals surface area contributed by atoms with E-state index in [1.165, 1.54) is 11.1 Å². The fraction of sp³-hybridized carbons (Fsp3) is 0.0435. The number of rotatable bonds is 3. The molecule has 0 aliphatic rings. The highest BCUT2D eigenvalue weighted by molar-refractivity contribution is 6.50. The van der Waals surface area contributed by atoms with Crippen molar-refractivity contribution in [2.45, 2.75) is 0 Å². The van der Waals surface area contributed by atoms with Crippen LogP contribution in [0.2, 0.25) is 0 Å². The van der Waals surface area contributed by atoms with Crippen molar-refractivity contribution >= 4 is 7.25 Å². The number of nitrogens with zero attached hydrogens (tertiary/aromatic N) is 2. The van der Waals surface area contributed by atoms with Gasteiger partial charge in [0.2, 0.25) is 0 Å². The zero-order chi connectivity index (χ0) is 21.6. The minimum atomic E-state index is -6.00. The van der Waals surface area contributed by atoms with Gasteiger partial charge < -0.3 is 17.3 Å². The van der Waals surface area contributed by atoms with E-state index in [9.17, 15) is 17.3 Å². The summed E-state index contributed by atoms with van der Waals surface area (Å²) in [4.78, 5) is 4.91. The molecule has 0 aliphatic heterocycles.